The second kappa shape index (κ2) is 2.27. The average Bonchev–Trinajstić information content (AvgIpc) is 2.04. The summed E-state index contributed by atoms with van der Waals surface area (Å²) >= 11 is 0. The Hall–Kier alpha value is -1.51. The van der Waals surface area contributed by atoms with E-state index in [1.54, 1.807) is 6.21 Å². The third kappa shape index (κ3) is 1.05. The van der Waals surface area contributed by atoms with Gasteiger partial charge in [-0.1, -0.05) is 18.2 Å². The molecule has 1 radical (unpaired) electrons. The lowest BCUT2D eigenvalue weighted by molar-refractivity contribution is -0.600. The minimum absolute atomic E-state index is 0.368. The molecule has 1 aromatic rings. The summed E-state index contributed by atoms with van der Waals surface area (Å²) < 4.78 is 0. The van der Waals surface area contributed by atoms with Gasteiger partial charge in [0.25, 0.3) is 6.54 Å². The molecule has 0 atom stereocenters. The summed E-state index contributed by atoms with van der Waals surface area (Å²) in [5.41, 5.74) is 2.08. The van der Waals surface area contributed by atoms with E-state index in [0.717, 1.165) is 11.1 Å². The molecule has 0 saturated carbocycles. The third-order valence-corrected chi connectivity index (χ3v) is 1.69. The van der Waals surface area contributed by atoms with Gasteiger partial charge in [-0.2, -0.15) is 0 Å². The first kappa shape index (κ1) is 6.22. The minimum Gasteiger partial charge on any atom is -0.0617 e. The van der Waals surface area contributed by atoms with Crippen LogP contribution < -0.4 is 5.10 Å². The van der Waals surface area contributed by atoms with Crippen molar-refractivity contribution in [2.24, 2.45) is 0 Å². The molecule has 1 aromatic carbocycles. The number of rotatable bonds is 0. The molecule has 53 valence electrons. The maximum atomic E-state index is 10.7. The van der Waals surface area contributed by atoms with Crippen molar-refractivity contribution in [3.8, 4) is 0 Å². The van der Waals surface area contributed by atoms with E-state index in [9.17, 15) is 4.91 Å². The van der Waals surface area contributed by atoms with Gasteiger partial charge in [0.05, 0.1) is 10.5 Å². The Bertz CT molecular complexity index is 331. The number of benzene rings is 1. The molecular weight excluding hydrogens is 140 g/mol. The normalized spacial score (nSPS) is 14.7. The first-order valence-electron chi connectivity index (χ1n) is 3.43. The molecule has 0 spiro atoms. The fraction of sp³-hybridized carbons (Fsp3) is 0.125. The van der Waals surface area contributed by atoms with Crippen LogP contribution >= 0.6 is 0 Å². The van der Waals surface area contributed by atoms with Gasteiger partial charge in [0, 0.05) is 5.56 Å². The van der Waals surface area contributed by atoms with Crippen LogP contribution in [0.3, 0.4) is 0 Å². The Morgan fingerprint density at radius 1 is 1.36 bits per heavy atom. The van der Waals surface area contributed by atoms with Crippen molar-refractivity contribution in [2.45, 2.75) is 6.54 Å². The van der Waals surface area contributed by atoms with Gasteiger partial charge in [-0.25, -0.2) is 0 Å². The summed E-state index contributed by atoms with van der Waals surface area (Å²) in [4.78, 5) is 11.4. The van der Waals surface area contributed by atoms with E-state index in [0.29, 0.717) is 11.4 Å². The molecule has 3 heteroatoms. The van der Waals surface area contributed by atoms with Crippen LogP contribution in [-0.4, -0.2) is 11.1 Å². The zero-order valence-electron chi connectivity index (χ0n) is 5.90. The predicted molar refractivity (Wildman–Crippen MR) is 41.1 cm³/mol. The highest BCUT2D eigenvalue weighted by Gasteiger charge is 2.27. The van der Waals surface area contributed by atoms with Gasteiger partial charge in [-0.05, 0) is 6.07 Å². The van der Waals surface area contributed by atoms with Gasteiger partial charge in [0.2, 0.25) is 0 Å². The maximum Gasteiger partial charge on any atom is 0.394 e. The number of hydrogen-bond donors (Lipinski definition) is 0. The quantitative estimate of drug-likeness (QED) is 0.496. The third-order valence-electron chi connectivity index (χ3n) is 1.69. The highest BCUT2D eigenvalue weighted by molar-refractivity contribution is 5.80. The highest BCUT2D eigenvalue weighted by atomic mass is 16.3. The summed E-state index contributed by atoms with van der Waals surface area (Å²) in [6.07, 6.45) is 1.59. The smallest absolute Gasteiger partial charge is 0.0617 e. The van der Waals surface area contributed by atoms with E-state index < -0.39 is 0 Å². The van der Waals surface area contributed by atoms with Crippen LogP contribution in [0.25, 0.3) is 0 Å². The van der Waals surface area contributed by atoms with Gasteiger partial charge in [0.15, 0.2) is 0 Å². The van der Waals surface area contributed by atoms with Crippen LogP contribution in [0.5, 0.6) is 0 Å². The predicted octanol–water partition coefficient (Wildman–Crippen LogP) is 0.649. The largest absolute Gasteiger partial charge is 0.394 e. The lowest BCUT2D eigenvalue weighted by atomic mass is 10.1. The Balaban J connectivity index is 2.54. The van der Waals surface area contributed by atoms with Crippen molar-refractivity contribution in [2.75, 3.05) is 0 Å². The number of nitrogens with zero attached hydrogens (tertiary/aromatic N) is 2. The van der Waals surface area contributed by atoms with Crippen LogP contribution in [0.4, 0.5) is 0 Å². The molecular formula is C8H7N2O+2. The first-order valence-corrected chi connectivity index (χ1v) is 3.43. The fourth-order valence-electron chi connectivity index (χ4n) is 1.12. The molecule has 11 heavy (non-hydrogen) atoms. The van der Waals surface area contributed by atoms with Crippen molar-refractivity contribution in [1.29, 1.82) is 0 Å². The molecule has 1 heterocycles. The lowest BCUT2D eigenvalue weighted by Gasteiger charge is -1.93. The molecule has 0 saturated heterocycles. The number of nitroso groups, excluding NO2 is 1. The Morgan fingerprint density at radius 3 is 3.09 bits per heavy atom. The van der Waals surface area contributed by atoms with Crippen molar-refractivity contribution < 1.29 is 4.87 Å². The summed E-state index contributed by atoms with van der Waals surface area (Å²) in [5.74, 6) is 0. The monoisotopic (exact) mass is 147 g/mol. The standard InChI is InChI=1S/C8H7N2O/c11-10-6-8-4-2-1-3-7(8)5-9-10/h1-5H,6H2/q+2. The minimum atomic E-state index is 0.368. The van der Waals surface area contributed by atoms with Crippen LogP contribution in [0, 0.1) is 4.91 Å². The Labute approximate surface area is 63.9 Å². The molecule has 0 aromatic heterocycles. The van der Waals surface area contributed by atoms with E-state index in [-0.39, 0.29) is 0 Å². The molecule has 3 nitrogen and oxygen atoms in total. The molecule has 0 bridgehead atoms. The first-order chi connectivity index (χ1) is 5.36. The molecule has 1 aliphatic rings. The zero-order valence-corrected chi connectivity index (χ0v) is 5.90. The summed E-state index contributed by atoms with van der Waals surface area (Å²) in [7, 11) is 0. The average molecular weight is 147 g/mol. The topological polar surface area (TPSA) is 34.2 Å². The highest BCUT2D eigenvalue weighted by Crippen LogP contribution is 2.08. The molecule has 0 aliphatic carbocycles. The van der Waals surface area contributed by atoms with Crippen molar-refractivity contribution >= 4 is 6.21 Å². The van der Waals surface area contributed by atoms with E-state index in [2.05, 4.69) is 5.10 Å². The van der Waals surface area contributed by atoms with E-state index in [1.165, 1.54) is 0 Å². The molecule has 0 unspecified atom stereocenters. The van der Waals surface area contributed by atoms with E-state index >= 15 is 0 Å². The SMILES string of the molecule is O=[N+]1Cc2ccccc2C=[N+]1. The summed E-state index contributed by atoms with van der Waals surface area (Å²) in [6.45, 7) is 0.368. The van der Waals surface area contributed by atoms with Gasteiger partial charge in [0.1, 0.15) is 0 Å². The van der Waals surface area contributed by atoms with E-state index in [4.69, 9.17) is 0 Å². The maximum absolute atomic E-state index is 10.7. The van der Waals surface area contributed by atoms with Gasteiger partial charge in [-0.3, -0.25) is 0 Å². The second-order valence-electron chi connectivity index (χ2n) is 2.45. The molecule has 2 rings (SSSR count). The molecule has 0 amide bonds. The lowest BCUT2D eigenvalue weighted by Crippen LogP contribution is -2.18. The summed E-state index contributed by atoms with van der Waals surface area (Å²) in [6, 6.07) is 7.74. The van der Waals surface area contributed by atoms with Gasteiger partial charge >= 0.3 is 16.2 Å². The molecule has 0 N–H and O–H groups in total. The van der Waals surface area contributed by atoms with Crippen LogP contribution in [-0.2, 0) is 6.54 Å². The van der Waals surface area contributed by atoms with E-state index in [1.807, 2.05) is 24.3 Å². The second-order valence-corrected chi connectivity index (χ2v) is 2.45. The fourth-order valence-corrected chi connectivity index (χ4v) is 1.12. The zero-order chi connectivity index (χ0) is 7.68. The Kier molecular flexibility index (Phi) is 1.28. The number of hydrazone groups is 1. The van der Waals surface area contributed by atoms with Crippen LogP contribution in [0.15, 0.2) is 24.3 Å². The van der Waals surface area contributed by atoms with Crippen LogP contribution in [0.2, 0.25) is 0 Å². The number of fused-ring (bicyclic) bond motifs is 1. The Morgan fingerprint density at radius 2 is 2.18 bits per heavy atom. The molecule has 1 aliphatic heterocycles. The number of hydrogen-bond acceptors (Lipinski definition) is 1. The van der Waals surface area contributed by atoms with Gasteiger partial charge < -0.3 is 0 Å². The van der Waals surface area contributed by atoms with Gasteiger partial charge in [-0.15, -0.1) is 0 Å². The summed E-state index contributed by atoms with van der Waals surface area (Å²) in [5, 5.41) is 3.62. The molecule has 0 fully saturated rings. The van der Waals surface area contributed by atoms with Crippen LogP contribution in [0.1, 0.15) is 11.1 Å². The van der Waals surface area contributed by atoms with Crippen molar-refractivity contribution in [3.63, 3.8) is 0 Å². The van der Waals surface area contributed by atoms with Crippen molar-refractivity contribution in [1.82, 2.24) is 5.10 Å². The van der Waals surface area contributed by atoms with Crippen molar-refractivity contribution in [3.05, 3.63) is 40.3 Å².